The molecule has 4 aromatic carbocycles. The Hall–Kier alpha value is -5.88. The molecule has 1 aliphatic rings. The van der Waals surface area contributed by atoms with E-state index in [1.54, 1.807) is 25.1 Å². The van der Waals surface area contributed by atoms with Gasteiger partial charge in [-0.3, -0.25) is 4.79 Å². The van der Waals surface area contributed by atoms with Gasteiger partial charge in [0.25, 0.3) is 5.91 Å². The molecule has 51 heavy (non-hydrogen) atoms. The molecule has 1 saturated heterocycles. The third-order valence-electron chi connectivity index (χ3n) is 8.50. The Morgan fingerprint density at radius 3 is 2.06 bits per heavy atom. The minimum atomic E-state index is -1.32. The van der Waals surface area contributed by atoms with Crippen molar-refractivity contribution in [2.24, 2.45) is 0 Å². The highest BCUT2D eigenvalue weighted by atomic mass is 16.5. The van der Waals surface area contributed by atoms with E-state index in [0.717, 1.165) is 40.4 Å². The summed E-state index contributed by atoms with van der Waals surface area (Å²) in [6.45, 7) is 9.42. The fourth-order valence-corrected chi connectivity index (χ4v) is 5.88. The second kappa shape index (κ2) is 16.2. The average Bonchev–Trinajstić information content (AvgIpc) is 3.58. The second-order valence-electron chi connectivity index (χ2n) is 12.3. The van der Waals surface area contributed by atoms with E-state index in [2.05, 4.69) is 20.5 Å². The highest BCUT2D eigenvalue weighted by Gasteiger charge is 2.32. The predicted molar refractivity (Wildman–Crippen MR) is 195 cm³/mol. The predicted octanol–water partition coefficient (Wildman–Crippen LogP) is 6.95. The molecule has 12 nitrogen and oxygen atoms in total. The molecule has 1 aliphatic heterocycles. The van der Waals surface area contributed by atoms with Crippen LogP contribution in [0, 0.1) is 0 Å². The first-order valence-corrected chi connectivity index (χ1v) is 17.1. The summed E-state index contributed by atoms with van der Waals surface area (Å²) in [7, 11) is 0. The smallest absolute Gasteiger partial charge is 0.417 e. The number of rotatable bonds is 13. The number of nitrogens with zero attached hydrogens (tertiary/aromatic N) is 5. The van der Waals surface area contributed by atoms with Crippen LogP contribution in [-0.2, 0) is 18.0 Å². The Labute approximate surface area is 297 Å². The largest absolute Gasteiger partial charge is 0.488 e. The molecule has 0 atom stereocenters. The Morgan fingerprint density at radius 1 is 0.882 bits per heavy atom. The average molecular weight is 691 g/mol. The molecule has 0 aliphatic carbocycles. The second-order valence-corrected chi connectivity index (χ2v) is 12.3. The van der Waals surface area contributed by atoms with Crippen molar-refractivity contribution in [3.05, 3.63) is 119 Å². The Morgan fingerprint density at radius 2 is 1.49 bits per heavy atom. The fraction of sp³-hybridized carbons (Fsp3) is 0.282. The molecule has 1 fully saturated rings. The van der Waals surface area contributed by atoms with Crippen molar-refractivity contribution in [1.82, 2.24) is 20.3 Å². The van der Waals surface area contributed by atoms with Crippen LogP contribution in [-0.4, -0.2) is 64.9 Å². The Balaban J connectivity index is 1.48. The van der Waals surface area contributed by atoms with Gasteiger partial charge in [-0.05, 0) is 59.9 Å². The standard InChI is InChI=1S/C39H42N6O6/c1-4-40-37(46)36-38(44(39(47)48)31-17-15-30(16-18-31)43-19-21-49-22-20-43)45(42-41-36)33-23-32(27(2)3)34(50-25-28-11-7-5-8-12-28)24-35(33)51-26-29-13-9-6-10-14-29/h5-18,23-24,27H,4,19-22,25-26H2,1-3H3,(H,40,46)(H,47,48). The van der Waals surface area contributed by atoms with E-state index < -0.39 is 12.0 Å². The first-order valence-electron chi connectivity index (χ1n) is 17.1. The van der Waals surface area contributed by atoms with E-state index in [1.165, 1.54) is 4.68 Å². The van der Waals surface area contributed by atoms with Gasteiger partial charge in [-0.15, -0.1) is 5.10 Å². The van der Waals surface area contributed by atoms with E-state index in [0.29, 0.717) is 49.2 Å². The van der Waals surface area contributed by atoms with Gasteiger partial charge < -0.3 is 29.5 Å². The van der Waals surface area contributed by atoms with E-state index in [4.69, 9.17) is 14.2 Å². The van der Waals surface area contributed by atoms with Gasteiger partial charge in [0.15, 0.2) is 11.5 Å². The van der Waals surface area contributed by atoms with Gasteiger partial charge in [-0.2, -0.15) is 4.68 Å². The minimum Gasteiger partial charge on any atom is -0.488 e. The maximum atomic E-state index is 13.5. The van der Waals surface area contributed by atoms with Crippen molar-refractivity contribution in [1.29, 1.82) is 0 Å². The van der Waals surface area contributed by atoms with Crippen LogP contribution in [0.2, 0.25) is 0 Å². The van der Waals surface area contributed by atoms with Gasteiger partial charge in [0.05, 0.1) is 18.9 Å². The molecule has 2 amide bonds. The van der Waals surface area contributed by atoms with Gasteiger partial charge >= 0.3 is 6.09 Å². The summed E-state index contributed by atoms with van der Waals surface area (Å²) >= 11 is 0. The van der Waals surface area contributed by atoms with Gasteiger partial charge in [-0.25, -0.2) is 9.69 Å². The van der Waals surface area contributed by atoms with Crippen LogP contribution in [0.4, 0.5) is 22.0 Å². The van der Waals surface area contributed by atoms with Gasteiger partial charge in [-0.1, -0.05) is 79.7 Å². The maximum Gasteiger partial charge on any atom is 0.417 e. The molecule has 5 aromatic rings. The third-order valence-corrected chi connectivity index (χ3v) is 8.50. The van der Waals surface area contributed by atoms with Crippen molar-refractivity contribution in [3.63, 3.8) is 0 Å². The zero-order chi connectivity index (χ0) is 35.7. The molecule has 0 spiro atoms. The zero-order valence-corrected chi connectivity index (χ0v) is 29.0. The normalized spacial score (nSPS) is 12.8. The molecule has 0 radical (unpaired) electrons. The quantitative estimate of drug-likeness (QED) is 0.135. The lowest BCUT2D eigenvalue weighted by Crippen LogP contribution is -2.36. The van der Waals surface area contributed by atoms with E-state index in [9.17, 15) is 14.7 Å². The van der Waals surface area contributed by atoms with E-state index in [-0.39, 0.29) is 24.0 Å². The number of carboxylic acid groups (broad SMARTS) is 1. The van der Waals surface area contributed by atoms with Crippen LogP contribution < -0.4 is 24.6 Å². The van der Waals surface area contributed by atoms with Crippen molar-refractivity contribution >= 4 is 29.2 Å². The molecular formula is C39H42N6O6. The fourth-order valence-electron chi connectivity index (χ4n) is 5.88. The van der Waals surface area contributed by atoms with Gasteiger partial charge in [0.1, 0.15) is 30.4 Å². The number of anilines is 3. The first-order chi connectivity index (χ1) is 24.8. The monoisotopic (exact) mass is 690 g/mol. The number of carbonyl (C=O) groups excluding carboxylic acids is 1. The van der Waals surface area contributed by atoms with Crippen LogP contribution in [0.3, 0.4) is 0 Å². The van der Waals surface area contributed by atoms with Gasteiger partial charge in [0, 0.05) is 31.4 Å². The molecule has 12 heteroatoms. The number of hydrogen-bond acceptors (Lipinski definition) is 8. The summed E-state index contributed by atoms with van der Waals surface area (Å²) < 4.78 is 19.7. The summed E-state index contributed by atoms with van der Waals surface area (Å²) in [5.74, 6) is 0.363. The highest BCUT2D eigenvalue weighted by molar-refractivity contribution is 6.04. The summed E-state index contributed by atoms with van der Waals surface area (Å²) in [4.78, 5) is 29.9. The lowest BCUT2D eigenvalue weighted by molar-refractivity contribution is 0.0951. The Kier molecular flexibility index (Phi) is 11.1. The number of hydrogen-bond donors (Lipinski definition) is 2. The van der Waals surface area contributed by atoms with Crippen LogP contribution >= 0.6 is 0 Å². The summed E-state index contributed by atoms with van der Waals surface area (Å²) in [5, 5.41) is 22.2. The number of morpholine rings is 1. The maximum absolute atomic E-state index is 13.5. The molecule has 264 valence electrons. The summed E-state index contributed by atoms with van der Waals surface area (Å²) in [5.41, 5.74) is 4.27. The number of ether oxygens (including phenoxy) is 3. The lowest BCUT2D eigenvalue weighted by atomic mass is 10.0. The number of aromatic nitrogens is 3. The zero-order valence-electron chi connectivity index (χ0n) is 29.0. The number of nitrogens with one attached hydrogen (secondary N) is 1. The van der Waals surface area contributed by atoms with E-state index in [1.807, 2.05) is 92.7 Å². The van der Waals surface area contributed by atoms with Crippen LogP contribution in [0.25, 0.3) is 5.69 Å². The van der Waals surface area contributed by atoms with Crippen molar-refractivity contribution in [2.45, 2.75) is 39.9 Å². The van der Waals surface area contributed by atoms with E-state index >= 15 is 0 Å². The van der Waals surface area contributed by atoms with Crippen LogP contribution in [0.5, 0.6) is 11.5 Å². The highest BCUT2D eigenvalue weighted by Crippen LogP contribution is 2.40. The molecule has 1 aromatic heterocycles. The third kappa shape index (κ3) is 8.13. The van der Waals surface area contributed by atoms with Gasteiger partial charge in [0.2, 0.25) is 0 Å². The van der Waals surface area contributed by atoms with Crippen molar-refractivity contribution in [3.8, 4) is 17.2 Å². The number of carbonyl (C=O) groups is 2. The van der Waals surface area contributed by atoms with Crippen LogP contribution in [0.15, 0.2) is 97.1 Å². The van der Waals surface area contributed by atoms with Crippen molar-refractivity contribution in [2.75, 3.05) is 42.6 Å². The number of amides is 2. The molecule has 6 rings (SSSR count). The summed E-state index contributed by atoms with van der Waals surface area (Å²) in [6, 6.07) is 30.4. The minimum absolute atomic E-state index is 0.00385. The summed E-state index contributed by atoms with van der Waals surface area (Å²) in [6.07, 6.45) is -1.32. The van der Waals surface area contributed by atoms with Crippen molar-refractivity contribution < 1.29 is 28.9 Å². The molecular weight excluding hydrogens is 648 g/mol. The molecule has 0 bridgehead atoms. The Bertz CT molecular complexity index is 1930. The topological polar surface area (TPSA) is 131 Å². The number of benzene rings is 4. The molecule has 2 heterocycles. The lowest BCUT2D eigenvalue weighted by Gasteiger charge is -2.29. The molecule has 2 N–H and O–H groups in total. The first kappa shape index (κ1) is 35.0. The SMILES string of the molecule is CCNC(=O)c1nnn(-c2cc(C(C)C)c(OCc3ccccc3)cc2OCc2ccccc2)c1N(C(=O)O)c1ccc(N2CCOCC2)cc1. The molecule has 0 unspecified atom stereocenters. The molecule has 0 saturated carbocycles. The van der Waals surface area contributed by atoms with Crippen LogP contribution in [0.1, 0.15) is 53.9 Å².